The second-order valence-corrected chi connectivity index (χ2v) is 3.72. The summed E-state index contributed by atoms with van der Waals surface area (Å²) < 4.78 is 10.7. The zero-order valence-corrected chi connectivity index (χ0v) is 9.34. The summed E-state index contributed by atoms with van der Waals surface area (Å²) in [5.74, 6) is 0. The zero-order valence-electron chi connectivity index (χ0n) is 9.34. The van der Waals surface area contributed by atoms with E-state index in [9.17, 15) is 0 Å². The van der Waals surface area contributed by atoms with E-state index in [0.29, 0.717) is 0 Å². The van der Waals surface area contributed by atoms with Crippen molar-refractivity contribution in [1.29, 1.82) is 0 Å². The summed E-state index contributed by atoms with van der Waals surface area (Å²) >= 11 is 0. The molecule has 0 spiro atoms. The van der Waals surface area contributed by atoms with Crippen LogP contribution < -0.4 is 5.39 Å². The molecule has 1 aliphatic rings. The second-order valence-electron chi connectivity index (χ2n) is 3.72. The van der Waals surface area contributed by atoms with E-state index >= 15 is 0 Å². The molecule has 0 amide bonds. The predicted molar refractivity (Wildman–Crippen MR) is 52.4 cm³/mol. The van der Waals surface area contributed by atoms with Gasteiger partial charge in [-0.1, -0.05) is 13.8 Å². The Balaban J connectivity index is 0.000000671. The molecule has 0 aromatic carbocycles. The first kappa shape index (κ1) is 12.9. The van der Waals surface area contributed by atoms with Crippen LogP contribution >= 0.6 is 0 Å². The summed E-state index contributed by atoms with van der Waals surface area (Å²) in [7, 11) is -0.708. The van der Waals surface area contributed by atoms with E-state index < -0.39 is 7.25 Å². The van der Waals surface area contributed by atoms with Gasteiger partial charge < -0.3 is 14.5 Å². The van der Waals surface area contributed by atoms with E-state index in [2.05, 4.69) is 0 Å². The Labute approximate surface area is 80.7 Å². The van der Waals surface area contributed by atoms with Crippen LogP contribution in [-0.4, -0.2) is 23.7 Å². The minimum atomic E-state index is -0.708. The lowest BCUT2D eigenvalue weighted by Gasteiger charge is -2.32. The fourth-order valence-corrected chi connectivity index (χ4v) is 0.896. The summed E-state index contributed by atoms with van der Waals surface area (Å²) in [5, 5.41) is 10.5. The average molecular weight is 189 g/mol. The van der Waals surface area contributed by atoms with Crippen molar-refractivity contribution >= 4 is 7.25 Å². The highest BCUT2D eigenvalue weighted by molar-refractivity contribution is 6.41. The van der Waals surface area contributed by atoms with Gasteiger partial charge in [-0.15, -0.1) is 0 Å². The third-order valence-corrected chi connectivity index (χ3v) is 2.36. The fourth-order valence-electron chi connectivity index (χ4n) is 0.896. The average Bonchev–Trinajstić information content (AvgIpc) is 2.25. The Morgan fingerprint density at radius 3 is 1.46 bits per heavy atom. The molecule has 0 bridgehead atoms. The first-order valence-electron chi connectivity index (χ1n) is 4.64. The lowest BCUT2D eigenvalue weighted by Crippen LogP contribution is -2.41. The number of hydrogen-bond acceptors (Lipinski definition) is 4. The molecule has 0 atom stereocenters. The molecule has 0 saturated carbocycles. The molecular weight excluding hydrogens is 169 g/mol. The van der Waals surface area contributed by atoms with Gasteiger partial charge in [-0.05, 0) is 27.7 Å². The quantitative estimate of drug-likeness (QED) is 0.485. The highest BCUT2D eigenvalue weighted by Crippen LogP contribution is 2.35. The van der Waals surface area contributed by atoms with E-state index in [1.807, 2.05) is 46.9 Å². The number of rotatable bonds is 1. The second kappa shape index (κ2) is 4.42. The smallest absolute Gasteiger partial charge is 0.388 e. The first-order chi connectivity index (χ1) is 5.89. The van der Waals surface area contributed by atoms with Crippen molar-refractivity contribution in [3.05, 3.63) is 0 Å². The predicted octanol–water partition coefficient (Wildman–Crippen LogP) is 1.58. The SMILES string of the molecule is CC.CC1(C)OB(NO)OC1(C)C. The molecule has 5 heteroatoms. The van der Waals surface area contributed by atoms with Crippen LogP contribution in [0, 0.1) is 0 Å². The van der Waals surface area contributed by atoms with E-state index in [0.717, 1.165) is 0 Å². The molecule has 0 radical (unpaired) electrons. The Morgan fingerprint density at radius 2 is 1.31 bits per heavy atom. The Bertz CT molecular complexity index is 145. The van der Waals surface area contributed by atoms with Crippen molar-refractivity contribution in [3.63, 3.8) is 0 Å². The van der Waals surface area contributed by atoms with Crippen LogP contribution in [-0.2, 0) is 9.31 Å². The normalized spacial score (nSPS) is 23.8. The maximum atomic E-state index is 8.53. The summed E-state index contributed by atoms with van der Waals surface area (Å²) in [6.45, 7) is 11.7. The van der Waals surface area contributed by atoms with Crippen LogP contribution in [0.1, 0.15) is 41.5 Å². The van der Waals surface area contributed by atoms with E-state index in [1.54, 1.807) is 0 Å². The van der Waals surface area contributed by atoms with Crippen LogP contribution in [0.5, 0.6) is 0 Å². The van der Waals surface area contributed by atoms with Crippen LogP contribution in [0.25, 0.3) is 0 Å². The van der Waals surface area contributed by atoms with Gasteiger partial charge >= 0.3 is 7.25 Å². The maximum absolute atomic E-state index is 8.53. The molecular formula is C8H20BNO3. The third kappa shape index (κ3) is 2.67. The molecule has 0 aliphatic carbocycles. The highest BCUT2D eigenvalue weighted by atomic mass is 16.7. The molecule has 78 valence electrons. The minimum Gasteiger partial charge on any atom is -0.388 e. The lowest BCUT2D eigenvalue weighted by atomic mass is 9.90. The van der Waals surface area contributed by atoms with Crippen molar-refractivity contribution < 1.29 is 14.5 Å². The van der Waals surface area contributed by atoms with E-state index in [1.165, 1.54) is 0 Å². The maximum Gasteiger partial charge on any atom is 0.580 e. The van der Waals surface area contributed by atoms with Gasteiger partial charge in [0, 0.05) is 0 Å². The molecule has 0 aromatic rings. The van der Waals surface area contributed by atoms with Crippen molar-refractivity contribution in [2.75, 3.05) is 0 Å². The van der Waals surface area contributed by atoms with Crippen molar-refractivity contribution in [2.45, 2.75) is 52.7 Å². The summed E-state index contributed by atoms with van der Waals surface area (Å²) in [4.78, 5) is 0. The topological polar surface area (TPSA) is 50.7 Å². The summed E-state index contributed by atoms with van der Waals surface area (Å²) in [5.41, 5.74) is -0.763. The molecule has 0 aromatic heterocycles. The Kier molecular flexibility index (Phi) is 4.38. The number of hydrogen-bond donors (Lipinski definition) is 2. The van der Waals surface area contributed by atoms with Gasteiger partial charge in [0.05, 0.1) is 11.2 Å². The molecule has 13 heavy (non-hydrogen) atoms. The van der Waals surface area contributed by atoms with Crippen LogP contribution in [0.4, 0.5) is 0 Å². The molecule has 1 saturated heterocycles. The van der Waals surface area contributed by atoms with Gasteiger partial charge in [0.1, 0.15) is 0 Å². The van der Waals surface area contributed by atoms with E-state index in [4.69, 9.17) is 14.5 Å². The molecule has 4 nitrogen and oxygen atoms in total. The standard InChI is InChI=1S/C6H14BNO3.C2H6/c1-5(2)6(3,4)11-7(8-9)10-5;1-2/h8-9H,1-4H3;1-2H3. The summed E-state index contributed by atoms with van der Waals surface area (Å²) in [6.07, 6.45) is 0. The first-order valence-corrected chi connectivity index (χ1v) is 4.64. The van der Waals surface area contributed by atoms with Crippen molar-refractivity contribution in [3.8, 4) is 0 Å². The number of nitrogens with one attached hydrogen (secondary N) is 1. The molecule has 2 N–H and O–H groups in total. The van der Waals surface area contributed by atoms with Gasteiger partial charge in [0.25, 0.3) is 0 Å². The van der Waals surface area contributed by atoms with Gasteiger partial charge in [-0.2, -0.15) is 5.39 Å². The molecule has 1 heterocycles. The third-order valence-electron chi connectivity index (χ3n) is 2.36. The lowest BCUT2D eigenvalue weighted by molar-refractivity contribution is 0.00578. The minimum absolute atomic E-state index is 0.382. The van der Waals surface area contributed by atoms with E-state index in [-0.39, 0.29) is 11.2 Å². The zero-order chi connectivity index (χ0) is 10.7. The highest BCUT2D eigenvalue weighted by Gasteiger charge is 2.51. The largest absolute Gasteiger partial charge is 0.580 e. The van der Waals surface area contributed by atoms with Gasteiger partial charge in [0.2, 0.25) is 0 Å². The van der Waals surface area contributed by atoms with Crippen molar-refractivity contribution in [2.24, 2.45) is 0 Å². The van der Waals surface area contributed by atoms with Crippen molar-refractivity contribution in [1.82, 2.24) is 5.39 Å². The van der Waals surface area contributed by atoms with Gasteiger partial charge in [0.15, 0.2) is 0 Å². The molecule has 1 aliphatic heterocycles. The van der Waals surface area contributed by atoms with Crippen LogP contribution in [0.3, 0.4) is 0 Å². The van der Waals surface area contributed by atoms with Gasteiger partial charge in [-0.25, -0.2) is 0 Å². The summed E-state index contributed by atoms with van der Waals surface area (Å²) in [6, 6.07) is 0. The Hall–Kier alpha value is -0.0951. The monoisotopic (exact) mass is 189 g/mol. The van der Waals surface area contributed by atoms with Crippen LogP contribution in [0.15, 0.2) is 0 Å². The molecule has 1 rings (SSSR count). The van der Waals surface area contributed by atoms with Gasteiger partial charge in [-0.3, -0.25) is 0 Å². The molecule has 0 unspecified atom stereocenters. The molecule has 1 fully saturated rings. The fraction of sp³-hybridized carbons (Fsp3) is 1.00. The van der Waals surface area contributed by atoms with Crippen LogP contribution in [0.2, 0.25) is 0 Å². The Morgan fingerprint density at radius 1 is 1.00 bits per heavy atom.